The average molecular weight is 684 g/mol. The fourth-order valence-electron chi connectivity index (χ4n) is 8.17. The summed E-state index contributed by atoms with van der Waals surface area (Å²) in [6.07, 6.45) is 1.90. The van der Waals surface area contributed by atoms with Crippen molar-refractivity contribution < 1.29 is 0 Å². The largest absolute Gasteiger partial charge is 0.309 e. The maximum Gasteiger partial charge on any atom is 0.0991 e. The van der Waals surface area contributed by atoms with Gasteiger partial charge in [-0.05, 0) is 121 Å². The van der Waals surface area contributed by atoms with Gasteiger partial charge in [-0.25, -0.2) is 0 Å². The van der Waals surface area contributed by atoms with Crippen LogP contribution < -0.4 is 0 Å². The van der Waals surface area contributed by atoms with E-state index in [4.69, 9.17) is 4.98 Å². The molecule has 0 aliphatic heterocycles. The number of para-hydroxylation sites is 2. The first kappa shape index (κ1) is 32.7. The Kier molecular flexibility index (Phi) is 7.33. The molecule has 0 spiro atoms. The fraction of sp³-hybridized carbons (Fsp3) is 0.160. The van der Waals surface area contributed by atoms with E-state index in [0.717, 1.165) is 49.5 Å². The van der Waals surface area contributed by atoms with Crippen molar-refractivity contribution in [3.63, 3.8) is 0 Å². The van der Waals surface area contributed by atoms with E-state index in [1.54, 1.807) is 0 Å². The second-order valence-corrected chi connectivity index (χ2v) is 16.4. The van der Waals surface area contributed by atoms with Crippen LogP contribution in [0.4, 0.5) is 0 Å². The first-order valence-corrected chi connectivity index (χ1v) is 18.4. The standard InChI is InChI=1S/C50H41N3/c1-49(2,3)34-20-22-38-42(28-34)46(33-18-24-45-41(27-33)40-26-31(30-51)17-23-44(40)53(45)36-14-8-7-9-15-36)37-21-19-35(50(4,5)6)29-43(37)47(38)39-16-10-12-32-13-11-25-52-48(32)39/h7-29H,1-6H3. The van der Waals surface area contributed by atoms with Gasteiger partial charge in [0.15, 0.2) is 0 Å². The molecule has 0 aliphatic rings. The van der Waals surface area contributed by atoms with Crippen LogP contribution >= 0.6 is 0 Å². The van der Waals surface area contributed by atoms with Crippen LogP contribution in [-0.4, -0.2) is 9.55 Å². The molecule has 0 N–H and O–H groups in total. The van der Waals surface area contributed by atoms with Crippen LogP contribution in [0, 0.1) is 11.3 Å². The molecule has 0 radical (unpaired) electrons. The highest BCUT2D eigenvalue weighted by atomic mass is 15.0. The molecule has 9 aromatic rings. The van der Waals surface area contributed by atoms with Gasteiger partial charge < -0.3 is 4.57 Å². The molecule has 0 aliphatic carbocycles. The summed E-state index contributed by atoms with van der Waals surface area (Å²) in [5.74, 6) is 0. The average Bonchev–Trinajstić information content (AvgIpc) is 3.48. The third-order valence-corrected chi connectivity index (χ3v) is 10.9. The number of benzene rings is 7. The molecule has 0 atom stereocenters. The first-order valence-electron chi connectivity index (χ1n) is 18.4. The van der Waals surface area contributed by atoms with Crippen LogP contribution in [0.2, 0.25) is 0 Å². The van der Waals surface area contributed by atoms with E-state index >= 15 is 0 Å². The van der Waals surface area contributed by atoms with Crippen molar-refractivity contribution in [1.29, 1.82) is 5.26 Å². The molecule has 7 aromatic carbocycles. The topological polar surface area (TPSA) is 41.6 Å². The summed E-state index contributed by atoms with van der Waals surface area (Å²) >= 11 is 0. The number of fused-ring (bicyclic) bond motifs is 6. The van der Waals surface area contributed by atoms with Crippen molar-refractivity contribution in [2.75, 3.05) is 0 Å². The van der Waals surface area contributed by atoms with Crippen molar-refractivity contribution in [3.8, 4) is 34.0 Å². The molecule has 0 fully saturated rings. The van der Waals surface area contributed by atoms with Gasteiger partial charge in [0.25, 0.3) is 0 Å². The number of rotatable bonds is 3. The minimum absolute atomic E-state index is 0.0374. The van der Waals surface area contributed by atoms with E-state index in [0.29, 0.717) is 5.56 Å². The van der Waals surface area contributed by atoms with E-state index in [9.17, 15) is 5.26 Å². The zero-order chi connectivity index (χ0) is 36.6. The summed E-state index contributed by atoms with van der Waals surface area (Å²) in [7, 11) is 0. The summed E-state index contributed by atoms with van der Waals surface area (Å²) in [4.78, 5) is 4.96. The van der Waals surface area contributed by atoms with Crippen LogP contribution in [0.15, 0.2) is 140 Å². The lowest BCUT2D eigenvalue weighted by atomic mass is 9.79. The van der Waals surface area contributed by atoms with E-state index in [-0.39, 0.29) is 10.8 Å². The SMILES string of the molecule is CC(C)(C)c1ccc2c(-c3cccc4cccnc34)c3cc(C(C)(C)C)ccc3c(-c3ccc4c(c3)c3cc(C#N)ccc3n4-c3ccccc3)c2c1. The molecule has 0 bridgehead atoms. The molecule has 2 aromatic heterocycles. The Morgan fingerprint density at radius 1 is 0.528 bits per heavy atom. The molecular weight excluding hydrogens is 643 g/mol. The summed E-state index contributed by atoms with van der Waals surface area (Å²) in [6, 6.07) is 50.7. The monoisotopic (exact) mass is 683 g/mol. The highest BCUT2D eigenvalue weighted by molar-refractivity contribution is 6.24. The third kappa shape index (κ3) is 5.29. The van der Waals surface area contributed by atoms with Gasteiger partial charge in [-0.3, -0.25) is 4.98 Å². The van der Waals surface area contributed by atoms with Crippen molar-refractivity contribution in [1.82, 2.24) is 9.55 Å². The first-order chi connectivity index (χ1) is 25.5. The molecule has 9 rings (SSSR count). The number of aromatic nitrogens is 2. The highest BCUT2D eigenvalue weighted by Crippen LogP contribution is 2.48. The summed E-state index contributed by atoms with van der Waals surface area (Å²) in [5.41, 5.74) is 12.2. The number of nitrogens with zero attached hydrogens (tertiary/aromatic N) is 3. The summed E-state index contributed by atoms with van der Waals surface area (Å²) in [5, 5.41) is 18.2. The van der Waals surface area contributed by atoms with Gasteiger partial charge >= 0.3 is 0 Å². The van der Waals surface area contributed by atoms with E-state index < -0.39 is 0 Å². The summed E-state index contributed by atoms with van der Waals surface area (Å²) in [6.45, 7) is 13.7. The van der Waals surface area contributed by atoms with Gasteiger partial charge in [0.1, 0.15) is 0 Å². The van der Waals surface area contributed by atoms with Crippen LogP contribution in [-0.2, 0) is 10.8 Å². The number of hydrogen-bond donors (Lipinski definition) is 0. The van der Waals surface area contributed by atoms with Crippen LogP contribution in [0.3, 0.4) is 0 Å². The van der Waals surface area contributed by atoms with Crippen molar-refractivity contribution in [2.24, 2.45) is 0 Å². The van der Waals surface area contributed by atoms with Crippen LogP contribution in [0.1, 0.15) is 58.2 Å². The number of pyridine rings is 1. The van der Waals surface area contributed by atoms with Gasteiger partial charge in [0.05, 0.1) is 28.2 Å². The second kappa shape index (κ2) is 11.9. The Balaban J connectivity index is 1.46. The zero-order valence-electron chi connectivity index (χ0n) is 31.1. The van der Waals surface area contributed by atoms with Crippen LogP contribution in [0.5, 0.6) is 0 Å². The molecule has 53 heavy (non-hydrogen) atoms. The Morgan fingerprint density at radius 2 is 1.15 bits per heavy atom. The molecule has 0 unspecified atom stereocenters. The Hall–Kier alpha value is -6.24. The van der Waals surface area contributed by atoms with Gasteiger partial charge in [-0.2, -0.15) is 5.26 Å². The lowest BCUT2D eigenvalue weighted by Gasteiger charge is -2.25. The lowest BCUT2D eigenvalue weighted by Crippen LogP contribution is -2.11. The minimum Gasteiger partial charge on any atom is -0.309 e. The molecule has 2 heterocycles. The minimum atomic E-state index is -0.0432. The van der Waals surface area contributed by atoms with E-state index in [2.05, 4.69) is 161 Å². The predicted molar refractivity (Wildman–Crippen MR) is 224 cm³/mol. The maximum atomic E-state index is 9.96. The normalized spacial score (nSPS) is 12.3. The Morgan fingerprint density at radius 3 is 1.83 bits per heavy atom. The van der Waals surface area contributed by atoms with Gasteiger partial charge in [-0.1, -0.05) is 114 Å². The van der Waals surface area contributed by atoms with Crippen molar-refractivity contribution in [3.05, 3.63) is 156 Å². The van der Waals surface area contributed by atoms with E-state index in [1.807, 2.05) is 30.5 Å². The predicted octanol–water partition coefficient (Wildman–Crippen LogP) is 13.4. The Labute approximate surface area is 310 Å². The maximum absolute atomic E-state index is 9.96. The van der Waals surface area contributed by atoms with Gasteiger partial charge in [0.2, 0.25) is 0 Å². The molecule has 3 heteroatoms. The van der Waals surface area contributed by atoms with E-state index in [1.165, 1.54) is 43.8 Å². The van der Waals surface area contributed by atoms with Crippen molar-refractivity contribution >= 4 is 54.3 Å². The van der Waals surface area contributed by atoms with Gasteiger partial charge in [-0.15, -0.1) is 0 Å². The van der Waals surface area contributed by atoms with Crippen LogP contribution in [0.25, 0.3) is 82.2 Å². The van der Waals surface area contributed by atoms with Gasteiger partial charge in [0, 0.05) is 33.6 Å². The van der Waals surface area contributed by atoms with Crippen molar-refractivity contribution in [2.45, 2.75) is 52.4 Å². The quantitative estimate of drug-likeness (QED) is 0.174. The zero-order valence-corrected chi connectivity index (χ0v) is 31.1. The molecule has 0 saturated carbocycles. The lowest BCUT2D eigenvalue weighted by molar-refractivity contribution is 0.590. The number of hydrogen-bond acceptors (Lipinski definition) is 2. The molecule has 0 saturated heterocycles. The molecule has 3 nitrogen and oxygen atoms in total. The summed E-state index contributed by atoms with van der Waals surface area (Å²) < 4.78 is 2.32. The number of nitriles is 1. The molecule has 256 valence electrons. The second-order valence-electron chi connectivity index (χ2n) is 16.4. The molecule has 0 amide bonds. The molecular formula is C50H41N3. The highest BCUT2D eigenvalue weighted by Gasteiger charge is 2.24. The fourth-order valence-corrected chi connectivity index (χ4v) is 8.17. The Bertz CT molecular complexity index is 2960. The smallest absolute Gasteiger partial charge is 0.0991 e. The third-order valence-electron chi connectivity index (χ3n) is 10.9.